The zero-order chi connectivity index (χ0) is 21.1. The lowest BCUT2D eigenvalue weighted by atomic mass is 10.2. The molecule has 4 rings (SSSR count). The van der Waals surface area contributed by atoms with Crippen molar-refractivity contribution in [1.29, 1.82) is 0 Å². The van der Waals surface area contributed by atoms with Crippen molar-refractivity contribution in [3.63, 3.8) is 0 Å². The molecule has 152 valence electrons. The van der Waals surface area contributed by atoms with Crippen LogP contribution >= 0.6 is 11.8 Å². The molecule has 0 spiro atoms. The predicted molar refractivity (Wildman–Crippen MR) is 116 cm³/mol. The number of imidazole rings is 1. The third-order valence-electron chi connectivity index (χ3n) is 4.57. The first-order valence-electron chi connectivity index (χ1n) is 9.28. The van der Waals surface area contributed by atoms with Gasteiger partial charge in [0.15, 0.2) is 5.16 Å². The fraction of sp³-hybridized carbons (Fsp3) is 0.143. The fourth-order valence-corrected chi connectivity index (χ4v) is 3.80. The van der Waals surface area contributed by atoms with Crippen LogP contribution in [0.2, 0.25) is 0 Å². The molecule has 0 saturated carbocycles. The Hall–Kier alpha value is -3.59. The van der Waals surface area contributed by atoms with Crippen LogP contribution in [0.15, 0.2) is 80.6 Å². The Morgan fingerprint density at radius 2 is 1.83 bits per heavy atom. The first kappa shape index (κ1) is 19.7. The van der Waals surface area contributed by atoms with Crippen molar-refractivity contribution in [1.82, 2.24) is 19.3 Å². The minimum atomic E-state index is -0.355. The molecule has 0 fully saturated rings. The maximum atomic E-state index is 12.5. The summed E-state index contributed by atoms with van der Waals surface area (Å²) in [7, 11) is 1.93. The molecule has 0 aliphatic carbocycles. The molecule has 8 nitrogen and oxygen atoms in total. The van der Waals surface area contributed by atoms with E-state index in [9.17, 15) is 14.4 Å². The summed E-state index contributed by atoms with van der Waals surface area (Å²) in [5, 5.41) is 6.88. The van der Waals surface area contributed by atoms with Crippen molar-refractivity contribution >= 4 is 34.1 Å². The Morgan fingerprint density at radius 3 is 2.53 bits per heavy atom. The van der Waals surface area contributed by atoms with E-state index < -0.39 is 0 Å². The van der Waals surface area contributed by atoms with Gasteiger partial charge in [0.2, 0.25) is 5.91 Å². The summed E-state index contributed by atoms with van der Waals surface area (Å²) in [6.45, 7) is 0.0812. The molecule has 30 heavy (non-hydrogen) atoms. The zero-order valence-electron chi connectivity index (χ0n) is 16.2. The topological polar surface area (TPSA) is 102 Å². The maximum absolute atomic E-state index is 12.5. The van der Waals surface area contributed by atoms with Crippen LogP contribution in [-0.2, 0) is 18.4 Å². The average molecular weight is 421 g/mol. The van der Waals surface area contributed by atoms with Crippen molar-refractivity contribution in [3.8, 4) is 0 Å². The van der Waals surface area contributed by atoms with Gasteiger partial charge in [-0.25, -0.2) is 9.67 Å². The second-order valence-corrected chi connectivity index (χ2v) is 7.73. The Labute approximate surface area is 175 Å². The number of nitrogens with one attached hydrogen (secondary N) is 2. The lowest BCUT2D eigenvalue weighted by Crippen LogP contribution is -2.31. The van der Waals surface area contributed by atoms with Crippen molar-refractivity contribution in [2.45, 2.75) is 23.0 Å². The second-order valence-electron chi connectivity index (χ2n) is 6.69. The average Bonchev–Trinajstić information content (AvgIpc) is 3.15. The maximum Gasteiger partial charge on any atom is 0.273 e. The van der Waals surface area contributed by atoms with Gasteiger partial charge >= 0.3 is 0 Å². The highest BCUT2D eigenvalue weighted by Crippen LogP contribution is 2.26. The number of carbonyl (C=O) groups excluding carboxylic acids is 1. The standard InChI is InChI=1S/C21H19N5O3S/c1-25-13-11-22-21(25)30-15-8-6-14(7-9-15)23-18(27)10-12-26-20(29)17-5-3-2-4-16(17)19(28)24-26/h2-9,11,13H,10,12H2,1H3,(H,23,27)(H,24,28). The Balaban J connectivity index is 1.39. The number of amides is 1. The number of aromatic nitrogens is 4. The molecule has 0 unspecified atom stereocenters. The summed E-state index contributed by atoms with van der Waals surface area (Å²) in [5.41, 5.74) is -0.0244. The molecule has 2 aromatic heterocycles. The number of H-pyrrole nitrogens is 1. The molecule has 1 amide bonds. The number of benzene rings is 2. The van der Waals surface area contributed by atoms with Crippen LogP contribution in [0.5, 0.6) is 0 Å². The molecule has 2 heterocycles. The van der Waals surface area contributed by atoms with Crippen LogP contribution in [0.4, 0.5) is 5.69 Å². The number of fused-ring (bicyclic) bond motifs is 1. The van der Waals surface area contributed by atoms with Gasteiger partial charge in [-0.1, -0.05) is 23.9 Å². The summed E-state index contributed by atoms with van der Waals surface area (Å²) in [6.07, 6.45) is 3.67. The highest BCUT2D eigenvalue weighted by molar-refractivity contribution is 7.99. The molecule has 0 bridgehead atoms. The number of anilines is 1. The van der Waals surface area contributed by atoms with Gasteiger partial charge < -0.3 is 9.88 Å². The summed E-state index contributed by atoms with van der Waals surface area (Å²) in [5.74, 6) is -0.250. The number of rotatable bonds is 6. The first-order chi connectivity index (χ1) is 14.5. The molecule has 9 heteroatoms. The summed E-state index contributed by atoms with van der Waals surface area (Å²) in [6, 6.07) is 14.0. The summed E-state index contributed by atoms with van der Waals surface area (Å²) in [4.78, 5) is 42.2. The zero-order valence-corrected chi connectivity index (χ0v) is 17.0. The largest absolute Gasteiger partial charge is 0.329 e. The molecule has 0 aliphatic heterocycles. The van der Waals surface area contributed by atoms with Crippen LogP contribution in [-0.4, -0.2) is 25.2 Å². The monoisotopic (exact) mass is 421 g/mol. The second kappa shape index (κ2) is 8.42. The van der Waals surface area contributed by atoms with Crippen LogP contribution in [0.25, 0.3) is 10.8 Å². The molecule has 0 aliphatic rings. The number of nitrogens with zero attached hydrogens (tertiary/aromatic N) is 3. The highest BCUT2D eigenvalue weighted by atomic mass is 32.2. The highest BCUT2D eigenvalue weighted by Gasteiger charge is 2.09. The normalized spacial score (nSPS) is 11.0. The number of hydrogen-bond donors (Lipinski definition) is 2. The SMILES string of the molecule is Cn1ccnc1Sc1ccc(NC(=O)CCn2[nH]c(=O)c3ccccc3c2=O)cc1. The molecular weight excluding hydrogens is 402 g/mol. The lowest BCUT2D eigenvalue weighted by Gasteiger charge is -2.09. The minimum Gasteiger partial charge on any atom is -0.329 e. The molecule has 0 atom stereocenters. The molecule has 0 saturated heterocycles. The van der Waals surface area contributed by atoms with E-state index in [1.807, 2.05) is 42.1 Å². The Kier molecular flexibility index (Phi) is 5.53. The minimum absolute atomic E-state index is 0.0535. The van der Waals surface area contributed by atoms with Gasteiger partial charge in [0.1, 0.15) is 0 Å². The number of hydrogen-bond acceptors (Lipinski definition) is 5. The van der Waals surface area contributed by atoms with Crippen molar-refractivity contribution in [2.75, 3.05) is 5.32 Å². The van der Waals surface area contributed by atoms with Gasteiger partial charge in [-0.2, -0.15) is 0 Å². The number of aryl methyl sites for hydroxylation is 2. The quantitative estimate of drug-likeness (QED) is 0.498. The van der Waals surface area contributed by atoms with E-state index in [4.69, 9.17) is 0 Å². The lowest BCUT2D eigenvalue weighted by molar-refractivity contribution is -0.116. The van der Waals surface area contributed by atoms with Crippen LogP contribution in [0, 0.1) is 0 Å². The van der Waals surface area contributed by atoms with Gasteiger partial charge in [0, 0.05) is 36.4 Å². The summed E-state index contributed by atoms with van der Waals surface area (Å²) < 4.78 is 3.11. The van der Waals surface area contributed by atoms with Crippen molar-refractivity contribution in [3.05, 3.63) is 81.6 Å². The predicted octanol–water partition coefficient (Wildman–Crippen LogP) is 2.60. The van der Waals surface area contributed by atoms with E-state index in [2.05, 4.69) is 15.4 Å². The fourth-order valence-electron chi connectivity index (χ4n) is 3.00. The molecule has 4 aromatic rings. The summed E-state index contributed by atoms with van der Waals surface area (Å²) >= 11 is 1.53. The molecule has 0 radical (unpaired) electrons. The molecular formula is C21H19N5O3S. The van der Waals surface area contributed by atoms with Gasteiger partial charge in [0.25, 0.3) is 11.1 Å². The van der Waals surface area contributed by atoms with E-state index in [1.165, 1.54) is 16.4 Å². The molecule has 2 aromatic carbocycles. The smallest absolute Gasteiger partial charge is 0.273 e. The van der Waals surface area contributed by atoms with E-state index in [0.29, 0.717) is 16.5 Å². The van der Waals surface area contributed by atoms with Crippen molar-refractivity contribution in [2.24, 2.45) is 7.05 Å². The van der Waals surface area contributed by atoms with E-state index in [0.717, 1.165) is 10.1 Å². The molecule has 2 N–H and O–H groups in total. The third-order valence-corrected chi connectivity index (χ3v) is 5.65. The third kappa shape index (κ3) is 4.20. The Morgan fingerprint density at radius 1 is 1.10 bits per heavy atom. The van der Waals surface area contributed by atoms with Crippen molar-refractivity contribution < 1.29 is 4.79 Å². The van der Waals surface area contributed by atoms with Gasteiger partial charge in [-0.15, -0.1) is 0 Å². The van der Waals surface area contributed by atoms with Gasteiger partial charge in [0.05, 0.1) is 17.3 Å². The van der Waals surface area contributed by atoms with Crippen LogP contribution < -0.4 is 16.4 Å². The number of carbonyl (C=O) groups is 1. The van der Waals surface area contributed by atoms with Gasteiger partial charge in [-0.3, -0.25) is 19.5 Å². The van der Waals surface area contributed by atoms with E-state index in [-0.39, 0.29) is 30.0 Å². The van der Waals surface area contributed by atoms with E-state index in [1.54, 1.807) is 30.5 Å². The van der Waals surface area contributed by atoms with Gasteiger partial charge in [-0.05, 0) is 36.4 Å². The van der Waals surface area contributed by atoms with E-state index >= 15 is 0 Å². The first-order valence-corrected chi connectivity index (χ1v) is 10.1. The van der Waals surface area contributed by atoms with Crippen LogP contribution in [0.3, 0.4) is 0 Å². The Bertz CT molecular complexity index is 1320. The number of aromatic amines is 1. The van der Waals surface area contributed by atoms with Crippen LogP contribution in [0.1, 0.15) is 6.42 Å².